The summed E-state index contributed by atoms with van der Waals surface area (Å²) in [6, 6.07) is 0. The summed E-state index contributed by atoms with van der Waals surface area (Å²) in [6.07, 6.45) is 4.86. The lowest BCUT2D eigenvalue weighted by atomic mass is 10.1. The van der Waals surface area contributed by atoms with Crippen LogP contribution in [0.3, 0.4) is 0 Å². The molecule has 1 aromatic rings. The third-order valence-electron chi connectivity index (χ3n) is 2.45. The lowest BCUT2D eigenvalue weighted by molar-refractivity contribution is 0.0672. The van der Waals surface area contributed by atoms with E-state index in [1.165, 1.54) is 12.5 Å². The third kappa shape index (κ3) is 4.48. The van der Waals surface area contributed by atoms with Crippen LogP contribution in [0, 0.1) is 5.92 Å². The van der Waals surface area contributed by atoms with Crippen LogP contribution < -0.4 is 0 Å². The Hall–Kier alpha value is -1.49. The molecular weight excluding hydrogens is 220 g/mol. The van der Waals surface area contributed by atoms with Crippen molar-refractivity contribution in [3.05, 3.63) is 23.8 Å². The summed E-state index contributed by atoms with van der Waals surface area (Å²) in [5, 5.41) is 8.92. The van der Waals surface area contributed by atoms with Crippen molar-refractivity contribution >= 4 is 5.97 Å². The molecule has 0 saturated carbocycles. The Morgan fingerprint density at radius 2 is 2.35 bits per heavy atom. The van der Waals surface area contributed by atoms with Gasteiger partial charge in [0, 0.05) is 12.8 Å². The highest BCUT2D eigenvalue weighted by molar-refractivity contribution is 5.88. The van der Waals surface area contributed by atoms with Gasteiger partial charge in [-0.15, -0.1) is 0 Å². The first-order valence-corrected chi connectivity index (χ1v) is 5.75. The van der Waals surface area contributed by atoms with Crippen molar-refractivity contribution < 1.29 is 14.6 Å². The van der Waals surface area contributed by atoms with Crippen LogP contribution in [0.25, 0.3) is 0 Å². The van der Waals surface area contributed by atoms with Crippen molar-refractivity contribution in [1.82, 2.24) is 9.97 Å². The van der Waals surface area contributed by atoms with Gasteiger partial charge in [0.25, 0.3) is 0 Å². The molecule has 0 radical (unpaired) electrons. The van der Waals surface area contributed by atoms with E-state index in [-0.39, 0.29) is 12.2 Å². The summed E-state index contributed by atoms with van der Waals surface area (Å²) in [4.78, 5) is 18.5. The Bertz CT molecular complexity index is 369. The number of aromatic nitrogens is 2. The molecule has 0 spiro atoms. The van der Waals surface area contributed by atoms with E-state index in [0.717, 1.165) is 12.8 Å². The predicted octanol–water partition coefficient (Wildman–Crippen LogP) is 2.13. The molecule has 1 unspecified atom stereocenters. The number of carboxylic acid groups (broad SMARTS) is 1. The van der Waals surface area contributed by atoms with Crippen LogP contribution in [0.5, 0.6) is 0 Å². The average molecular weight is 238 g/mol. The molecule has 0 bridgehead atoms. The molecule has 0 amide bonds. The second kappa shape index (κ2) is 6.96. The zero-order chi connectivity index (χ0) is 12.7. The highest BCUT2D eigenvalue weighted by Crippen LogP contribution is 2.09. The molecular formula is C12H18N2O3. The SMILES string of the molecule is CCCC(C)COCc1ncncc1C(=O)O. The number of hydrogen-bond donors (Lipinski definition) is 1. The van der Waals surface area contributed by atoms with Gasteiger partial charge in [-0.05, 0) is 12.3 Å². The van der Waals surface area contributed by atoms with E-state index < -0.39 is 5.97 Å². The van der Waals surface area contributed by atoms with Crippen LogP contribution in [0.1, 0.15) is 42.7 Å². The van der Waals surface area contributed by atoms with E-state index >= 15 is 0 Å². The standard InChI is InChI=1S/C12H18N2O3/c1-3-4-9(2)6-17-7-11-10(12(15)16)5-13-8-14-11/h5,8-9H,3-4,6-7H2,1-2H3,(H,15,16). The van der Waals surface area contributed by atoms with Crippen LogP contribution in [-0.4, -0.2) is 27.7 Å². The number of hydrogen-bond acceptors (Lipinski definition) is 4. The largest absolute Gasteiger partial charge is 0.478 e. The van der Waals surface area contributed by atoms with Crippen LogP contribution in [0.4, 0.5) is 0 Å². The van der Waals surface area contributed by atoms with Gasteiger partial charge in [0.2, 0.25) is 0 Å². The normalized spacial score (nSPS) is 12.4. The van der Waals surface area contributed by atoms with E-state index in [0.29, 0.717) is 18.2 Å². The molecule has 1 rings (SSSR count). The molecule has 0 aliphatic carbocycles. The second-order valence-electron chi connectivity index (χ2n) is 4.10. The number of ether oxygens (including phenoxy) is 1. The van der Waals surface area contributed by atoms with Gasteiger partial charge in [-0.1, -0.05) is 20.3 Å². The highest BCUT2D eigenvalue weighted by Gasteiger charge is 2.11. The van der Waals surface area contributed by atoms with Gasteiger partial charge < -0.3 is 9.84 Å². The van der Waals surface area contributed by atoms with Crippen molar-refractivity contribution in [2.45, 2.75) is 33.3 Å². The zero-order valence-corrected chi connectivity index (χ0v) is 10.2. The Balaban J connectivity index is 2.49. The fourth-order valence-electron chi connectivity index (χ4n) is 1.58. The molecule has 17 heavy (non-hydrogen) atoms. The van der Waals surface area contributed by atoms with Crippen molar-refractivity contribution in [2.75, 3.05) is 6.61 Å². The van der Waals surface area contributed by atoms with Gasteiger partial charge >= 0.3 is 5.97 Å². The Morgan fingerprint density at radius 1 is 1.59 bits per heavy atom. The molecule has 94 valence electrons. The van der Waals surface area contributed by atoms with Crippen molar-refractivity contribution in [3.63, 3.8) is 0 Å². The Labute approximate surface area is 101 Å². The number of aromatic carboxylic acids is 1. The molecule has 5 nitrogen and oxygen atoms in total. The van der Waals surface area contributed by atoms with Crippen LogP contribution >= 0.6 is 0 Å². The van der Waals surface area contributed by atoms with E-state index in [9.17, 15) is 4.79 Å². The maximum absolute atomic E-state index is 10.9. The monoisotopic (exact) mass is 238 g/mol. The average Bonchev–Trinajstić information content (AvgIpc) is 2.30. The molecule has 1 heterocycles. The van der Waals surface area contributed by atoms with E-state index in [1.54, 1.807) is 0 Å². The van der Waals surface area contributed by atoms with E-state index in [4.69, 9.17) is 9.84 Å². The summed E-state index contributed by atoms with van der Waals surface area (Å²) >= 11 is 0. The predicted molar refractivity (Wildman–Crippen MR) is 62.7 cm³/mol. The first kappa shape index (κ1) is 13.6. The molecule has 1 N–H and O–H groups in total. The van der Waals surface area contributed by atoms with Gasteiger partial charge in [-0.25, -0.2) is 14.8 Å². The summed E-state index contributed by atoms with van der Waals surface area (Å²) in [5.41, 5.74) is 0.534. The zero-order valence-electron chi connectivity index (χ0n) is 10.2. The smallest absolute Gasteiger partial charge is 0.339 e. The lowest BCUT2D eigenvalue weighted by Gasteiger charge is -2.11. The minimum absolute atomic E-state index is 0.107. The van der Waals surface area contributed by atoms with Crippen LogP contribution in [0.15, 0.2) is 12.5 Å². The van der Waals surface area contributed by atoms with Crippen LogP contribution in [0.2, 0.25) is 0 Å². The van der Waals surface area contributed by atoms with Crippen LogP contribution in [-0.2, 0) is 11.3 Å². The van der Waals surface area contributed by atoms with Gasteiger partial charge in [-0.2, -0.15) is 0 Å². The Morgan fingerprint density at radius 3 is 3.00 bits per heavy atom. The Kier molecular flexibility index (Phi) is 5.56. The van der Waals surface area contributed by atoms with E-state index in [1.807, 2.05) is 0 Å². The topological polar surface area (TPSA) is 72.3 Å². The van der Waals surface area contributed by atoms with Gasteiger partial charge in [-0.3, -0.25) is 0 Å². The number of nitrogens with zero attached hydrogens (tertiary/aromatic N) is 2. The minimum Gasteiger partial charge on any atom is -0.478 e. The molecule has 1 atom stereocenters. The first-order valence-electron chi connectivity index (χ1n) is 5.75. The highest BCUT2D eigenvalue weighted by atomic mass is 16.5. The van der Waals surface area contributed by atoms with Crippen molar-refractivity contribution in [2.24, 2.45) is 5.92 Å². The molecule has 0 aliphatic heterocycles. The minimum atomic E-state index is -1.02. The maximum Gasteiger partial charge on any atom is 0.339 e. The van der Waals surface area contributed by atoms with Crippen molar-refractivity contribution in [3.8, 4) is 0 Å². The number of carbonyl (C=O) groups is 1. The van der Waals surface area contributed by atoms with Crippen molar-refractivity contribution in [1.29, 1.82) is 0 Å². The third-order valence-corrected chi connectivity index (χ3v) is 2.45. The van der Waals surface area contributed by atoms with E-state index in [2.05, 4.69) is 23.8 Å². The van der Waals surface area contributed by atoms with Gasteiger partial charge in [0.1, 0.15) is 11.9 Å². The quantitative estimate of drug-likeness (QED) is 0.787. The second-order valence-corrected chi connectivity index (χ2v) is 4.10. The van der Waals surface area contributed by atoms with Gasteiger partial charge in [0.15, 0.2) is 0 Å². The summed E-state index contributed by atoms with van der Waals surface area (Å²) in [7, 11) is 0. The maximum atomic E-state index is 10.9. The summed E-state index contributed by atoms with van der Waals surface area (Å²) < 4.78 is 5.47. The molecule has 1 aromatic heterocycles. The first-order chi connectivity index (χ1) is 8.15. The summed E-state index contributed by atoms with van der Waals surface area (Å²) in [6.45, 7) is 5.08. The lowest BCUT2D eigenvalue weighted by Crippen LogP contribution is -2.10. The molecule has 0 aliphatic rings. The fraction of sp³-hybridized carbons (Fsp3) is 0.583. The molecule has 0 fully saturated rings. The molecule has 0 saturated heterocycles. The fourth-order valence-corrected chi connectivity index (χ4v) is 1.58. The van der Waals surface area contributed by atoms with Gasteiger partial charge in [0.05, 0.1) is 12.3 Å². The number of carboxylic acids is 1. The molecule has 0 aromatic carbocycles. The number of rotatable bonds is 7. The summed E-state index contributed by atoms with van der Waals surface area (Å²) in [5.74, 6) is -0.541. The molecule has 5 heteroatoms.